The van der Waals surface area contributed by atoms with Crippen LogP contribution in [-0.4, -0.2) is 151 Å². The van der Waals surface area contributed by atoms with E-state index in [-0.39, 0.29) is 246 Å². The largest absolute Gasteiger partial charge is 0.462 e. The van der Waals surface area contributed by atoms with Crippen molar-refractivity contribution in [1.29, 1.82) is 0 Å². The molecule has 12 aliphatic carbocycles. The first kappa shape index (κ1) is 88.8. The number of carbonyl (C=O) groups is 12. The third kappa shape index (κ3) is 17.1. The lowest BCUT2D eigenvalue weighted by Crippen LogP contribution is -2.05. The molecule has 0 spiro atoms. The highest BCUT2D eigenvalue weighted by molar-refractivity contribution is 6.19. The summed E-state index contributed by atoms with van der Waals surface area (Å²) in [5.41, 5.74) is 6.16. The van der Waals surface area contributed by atoms with E-state index in [1.807, 2.05) is 0 Å². The lowest BCUT2D eigenvalue weighted by atomic mass is 9.75. The number of rotatable bonds is 30. The molecule has 0 unspecified atom stereocenters. The van der Waals surface area contributed by atoms with Gasteiger partial charge in [-0.25, -0.2) is 57.5 Å². The van der Waals surface area contributed by atoms with Gasteiger partial charge in [0.1, 0.15) is 0 Å². The Hall–Kier alpha value is -14.9. The second kappa shape index (κ2) is 39.1. The van der Waals surface area contributed by atoms with Crippen LogP contribution in [0.4, 0.5) is 0 Å². The summed E-state index contributed by atoms with van der Waals surface area (Å²) < 4.78 is 68.5. The number of benzene rings is 1. The fraction of sp³-hybridized carbons (Fsp3) is 0.235. The normalized spacial score (nSPS) is 11.1. The molecule has 126 heavy (non-hydrogen) atoms. The molecule has 0 N–H and O–H groups in total. The summed E-state index contributed by atoms with van der Waals surface area (Å²) in [6.45, 7) is 19.0. The van der Waals surface area contributed by atoms with Crippen molar-refractivity contribution in [2.75, 3.05) is 79.3 Å². The van der Waals surface area contributed by atoms with Gasteiger partial charge in [-0.2, -0.15) is 0 Å². The van der Waals surface area contributed by atoms with E-state index in [1.165, 1.54) is 36.4 Å². The SMILES string of the molecule is CCOC(=O)c1cc(C(=O)OCC)c2ccc(-c3c(-c4ccc5c(C(=O)OCC)cc(C(=O)OCC)c-5cc4)c(-c4ccc5c(C(=O)OCC)cc(C(=O)OCC)c-5cc4)c(-c4ccc5c(C(=O)OCC)cc(C(=O)OCC)c-5cc4)c(-c4ccc5c(C(=O)OCC)cc(C(=O)OCC)c-5cc4)c3-c3ccc4c(C(=O)OCC)cc(C(=O)OCC)c-4cc3)ccc1-2. The van der Waals surface area contributed by atoms with Crippen LogP contribution in [0.2, 0.25) is 0 Å². The molecular formula is C102H90O24. The third-order valence-corrected chi connectivity index (χ3v) is 21.3. The number of fused-ring (bicyclic) bond motifs is 6. The van der Waals surface area contributed by atoms with Crippen molar-refractivity contribution in [3.05, 3.63) is 249 Å². The van der Waals surface area contributed by atoms with Crippen LogP contribution in [0.3, 0.4) is 0 Å². The molecule has 0 bridgehead atoms. The Morgan fingerprint density at radius 2 is 0.222 bits per heavy atom. The fourth-order valence-corrected chi connectivity index (χ4v) is 16.1. The molecule has 0 heterocycles. The average Bonchev–Trinajstić information content (AvgIpc) is 1.23. The van der Waals surface area contributed by atoms with Crippen LogP contribution >= 0.6 is 0 Å². The number of carbonyl (C=O) groups excluding carboxylic acids is 12. The van der Waals surface area contributed by atoms with E-state index < -0.39 is 71.6 Å². The second-order valence-electron chi connectivity index (χ2n) is 28.4. The summed E-state index contributed by atoms with van der Waals surface area (Å²) in [7, 11) is 0. The van der Waals surface area contributed by atoms with E-state index in [0.29, 0.717) is 33.4 Å². The minimum Gasteiger partial charge on any atom is -0.462 e. The van der Waals surface area contributed by atoms with E-state index in [0.717, 1.165) is 0 Å². The van der Waals surface area contributed by atoms with Crippen LogP contribution < -0.4 is 0 Å². The molecule has 1 aromatic rings. The summed E-state index contributed by atoms with van der Waals surface area (Å²) in [6.07, 6.45) is 0. The van der Waals surface area contributed by atoms with Gasteiger partial charge in [0.15, 0.2) is 0 Å². The van der Waals surface area contributed by atoms with Gasteiger partial charge in [0.05, 0.1) is 146 Å². The first-order chi connectivity index (χ1) is 61.0. The van der Waals surface area contributed by atoms with E-state index in [4.69, 9.17) is 56.8 Å². The molecule has 1 aromatic carbocycles. The maximum atomic E-state index is 14.5. The van der Waals surface area contributed by atoms with Crippen LogP contribution in [0.25, 0.3) is 134 Å². The van der Waals surface area contributed by atoms with Gasteiger partial charge in [-0.3, -0.25) is 0 Å². The van der Waals surface area contributed by atoms with Gasteiger partial charge in [-0.1, -0.05) is 146 Å². The van der Waals surface area contributed by atoms with Gasteiger partial charge in [-0.15, -0.1) is 0 Å². The number of ether oxygens (including phenoxy) is 12. The second-order valence-corrected chi connectivity index (χ2v) is 28.4. The Balaban J connectivity index is 1.41. The molecule has 0 saturated carbocycles. The maximum absolute atomic E-state index is 14.5. The lowest BCUT2D eigenvalue weighted by molar-refractivity contribution is 0.0511. The Bertz CT molecular complexity index is 4990. The van der Waals surface area contributed by atoms with Crippen LogP contribution in [0, 0.1) is 0 Å². The lowest BCUT2D eigenvalue weighted by Gasteiger charge is -2.28. The van der Waals surface area contributed by atoms with Crippen LogP contribution in [0.15, 0.2) is 182 Å². The van der Waals surface area contributed by atoms with Crippen molar-refractivity contribution >= 4 is 71.6 Å². The van der Waals surface area contributed by atoms with Crippen LogP contribution in [0.1, 0.15) is 207 Å². The van der Waals surface area contributed by atoms with E-state index in [2.05, 4.69) is 0 Å². The Kier molecular flexibility index (Phi) is 27.5. The predicted molar refractivity (Wildman–Crippen MR) is 470 cm³/mol. The molecule has 24 nitrogen and oxygen atoms in total. The minimum atomic E-state index is -0.776. The topological polar surface area (TPSA) is 316 Å². The zero-order valence-electron chi connectivity index (χ0n) is 71.6. The van der Waals surface area contributed by atoms with Crippen molar-refractivity contribution in [3.8, 4) is 134 Å². The predicted octanol–water partition coefficient (Wildman–Crippen LogP) is 20.4. The number of esters is 12. The Labute approximate surface area is 726 Å². The van der Waals surface area contributed by atoms with Crippen molar-refractivity contribution in [2.24, 2.45) is 0 Å². The summed E-state index contributed by atoms with van der Waals surface area (Å²) in [5, 5.41) is 0. The summed E-state index contributed by atoms with van der Waals surface area (Å²) in [4.78, 5) is 174. The Morgan fingerprint density at radius 1 is 0.143 bits per heavy atom. The molecule has 0 fully saturated rings. The van der Waals surface area contributed by atoms with Crippen molar-refractivity contribution in [3.63, 3.8) is 0 Å². The number of hydrogen-bond acceptors (Lipinski definition) is 24. The van der Waals surface area contributed by atoms with E-state index in [9.17, 15) is 57.5 Å². The summed E-state index contributed by atoms with van der Waals surface area (Å²) in [5.74, 6) is -9.32. The minimum absolute atomic E-state index is 0.00468. The van der Waals surface area contributed by atoms with Gasteiger partial charge in [0.25, 0.3) is 0 Å². The highest BCUT2D eigenvalue weighted by Gasteiger charge is 2.37. The summed E-state index contributed by atoms with van der Waals surface area (Å²) in [6, 6.07) is 49.2. The van der Waals surface area contributed by atoms with Crippen molar-refractivity contribution in [1.82, 2.24) is 0 Å². The highest BCUT2D eigenvalue weighted by atomic mass is 16.6. The standard InChI is InChI=1S/C102H90O24/c1-13-115-91(103)73-49-74(92(104)116-14-2)62-38-26-55(25-37-61(62)73)85-86(56-27-39-63-64(40-28-56)76(94(106)118-16-4)50-75(63)93(105)117-15-3)88(58-31-43-67-68(44-32-58)80(98(110)122-20-8)52-79(67)97(109)121-19-7)90(60-35-47-71-72(48-36-60)84(102(114)126-24-12)54-83(71)101(113)125-23-11)89(59-33-45-69-70(46-34-59)82(100(112)124-22-10)53-81(69)99(111)123-21-9)87(85)57-29-41-65-66(42-30-57)78(96(108)120-18-6)51-77(65)95(107)119-17-5/h25-54H,13-24H2,1-12H3. The smallest absolute Gasteiger partial charge is 0.338 e. The molecule has 0 aromatic heterocycles. The maximum Gasteiger partial charge on any atom is 0.338 e. The molecular weight excluding hydrogens is 1610 g/mol. The first-order valence-corrected chi connectivity index (χ1v) is 41.7. The van der Waals surface area contributed by atoms with Gasteiger partial charge in [-0.05, 0) is 253 Å². The molecule has 12 aliphatic rings. The van der Waals surface area contributed by atoms with E-state index in [1.54, 1.807) is 229 Å². The average molecular weight is 1700 g/mol. The molecule has 0 aliphatic heterocycles. The van der Waals surface area contributed by atoms with Gasteiger partial charge < -0.3 is 56.8 Å². The van der Waals surface area contributed by atoms with Gasteiger partial charge in [0, 0.05) is 0 Å². The van der Waals surface area contributed by atoms with Crippen molar-refractivity contribution < 1.29 is 114 Å². The van der Waals surface area contributed by atoms with E-state index >= 15 is 0 Å². The Morgan fingerprint density at radius 3 is 0.294 bits per heavy atom. The summed E-state index contributed by atoms with van der Waals surface area (Å²) >= 11 is 0. The quantitative estimate of drug-likeness (QED) is 0.0298. The monoisotopic (exact) mass is 1700 g/mol. The zero-order chi connectivity index (χ0) is 89.9. The van der Waals surface area contributed by atoms with Gasteiger partial charge in [0.2, 0.25) is 0 Å². The molecule has 0 amide bonds. The highest BCUT2D eigenvalue weighted by Crippen LogP contribution is 2.58. The molecule has 0 radical (unpaired) electrons. The molecule has 0 atom stereocenters. The third-order valence-electron chi connectivity index (χ3n) is 21.3. The van der Waals surface area contributed by atoms with Crippen LogP contribution in [-0.2, 0) is 56.8 Å². The number of hydrogen-bond donors (Lipinski definition) is 0. The van der Waals surface area contributed by atoms with Crippen LogP contribution in [0.5, 0.6) is 0 Å². The fourth-order valence-electron chi connectivity index (χ4n) is 16.1. The molecule has 642 valence electrons. The van der Waals surface area contributed by atoms with Crippen molar-refractivity contribution in [2.45, 2.75) is 83.1 Å². The van der Waals surface area contributed by atoms with Gasteiger partial charge >= 0.3 is 71.6 Å². The first-order valence-electron chi connectivity index (χ1n) is 41.7. The molecule has 24 heteroatoms. The molecule has 13 rings (SSSR count). The zero-order valence-corrected chi connectivity index (χ0v) is 71.6. The molecule has 0 saturated heterocycles.